The topological polar surface area (TPSA) is 153 Å². The molecule has 1 amide bonds. The second-order valence-corrected chi connectivity index (χ2v) is 10.6. The van der Waals surface area contributed by atoms with Crippen molar-refractivity contribution >= 4 is 65.7 Å². The maximum Gasteiger partial charge on any atom is 0.296 e. The highest BCUT2D eigenvalue weighted by atomic mass is 32.2. The van der Waals surface area contributed by atoms with Gasteiger partial charge in [0.25, 0.3) is 16.0 Å². The van der Waals surface area contributed by atoms with Crippen LogP contribution in [-0.4, -0.2) is 36.1 Å². The van der Waals surface area contributed by atoms with Gasteiger partial charge in [-0.05, 0) is 53.9 Å². The molecule has 0 unspecified atom stereocenters. The van der Waals surface area contributed by atoms with Crippen LogP contribution in [0.5, 0.6) is 11.5 Å². The Bertz CT molecular complexity index is 2120. The molecule has 0 aliphatic carbocycles. The van der Waals surface area contributed by atoms with E-state index in [1.807, 2.05) is 36.4 Å². The molecule has 1 aromatic heterocycles. The minimum atomic E-state index is -4.60. The maximum atomic E-state index is 13.4. The van der Waals surface area contributed by atoms with E-state index in [1.54, 1.807) is 30.3 Å². The highest BCUT2D eigenvalue weighted by molar-refractivity contribution is 7.86. The van der Waals surface area contributed by atoms with Gasteiger partial charge in [0, 0.05) is 27.4 Å². The van der Waals surface area contributed by atoms with Gasteiger partial charge in [-0.1, -0.05) is 42.5 Å². The fourth-order valence-corrected chi connectivity index (χ4v) is 5.41. The molecular weight excluding hydrogens is 544 g/mol. The molecule has 0 bridgehead atoms. The minimum absolute atomic E-state index is 0.0512. The third-order valence-electron chi connectivity index (χ3n) is 6.72. The molecule has 0 radical (unpaired) electrons. The fourth-order valence-electron chi connectivity index (χ4n) is 4.78. The van der Waals surface area contributed by atoms with Crippen LogP contribution in [0.4, 0.5) is 17.1 Å². The van der Waals surface area contributed by atoms with Crippen LogP contribution in [0.15, 0.2) is 106 Å². The first kappa shape index (κ1) is 26.0. The Labute approximate surface area is 233 Å². The molecule has 0 atom stereocenters. The number of carbonyl (C=O) groups is 1. The number of carbonyl (C=O) groups excluding carboxylic acids is 1. The molecule has 6 aromatic rings. The number of fused-ring (bicyclic) bond motifs is 5. The summed E-state index contributed by atoms with van der Waals surface area (Å²) in [6.07, 6.45) is 0. The molecule has 11 heteroatoms. The van der Waals surface area contributed by atoms with E-state index in [1.165, 1.54) is 31.4 Å². The summed E-state index contributed by atoms with van der Waals surface area (Å²) in [4.78, 5) is 16.3. The van der Waals surface area contributed by atoms with Gasteiger partial charge >= 0.3 is 0 Å². The van der Waals surface area contributed by atoms with Crippen molar-refractivity contribution in [1.29, 1.82) is 0 Å². The third-order valence-corrected chi connectivity index (χ3v) is 7.62. The number of rotatable bonds is 6. The zero-order valence-electron chi connectivity index (χ0n) is 21.5. The largest absolute Gasteiger partial charge is 0.505 e. The molecule has 10 nitrogen and oxygen atoms in total. The lowest BCUT2D eigenvalue weighted by Gasteiger charge is -2.12. The first-order chi connectivity index (χ1) is 19.7. The van der Waals surface area contributed by atoms with Gasteiger partial charge in [-0.15, -0.1) is 10.2 Å². The van der Waals surface area contributed by atoms with Gasteiger partial charge in [0.15, 0.2) is 5.75 Å². The Kier molecular flexibility index (Phi) is 6.37. The lowest BCUT2D eigenvalue weighted by atomic mass is 10.00. The summed E-state index contributed by atoms with van der Waals surface area (Å²) in [5, 5.41) is 25.4. The Hall–Kier alpha value is -5.26. The second-order valence-electron chi connectivity index (χ2n) is 9.20. The number of anilines is 1. The minimum Gasteiger partial charge on any atom is -0.505 e. The number of benzene rings is 5. The Balaban J connectivity index is 1.57. The van der Waals surface area contributed by atoms with E-state index >= 15 is 0 Å². The summed E-state index contributed by atoms with van der Waals surface area (Å²) in [7, 11) is -3.06. The van der Waals surface area contributed by atoms with E-state index in [0.717, 1.165) is 16.3 Å². The SMILES string of the molecule is COc1ccc(NC(=O)c2cc3ccc4c5ccccc5[nH]c4c3c(N=Nc3ccccc3S(=O)(=O)O)c2O)cc1. The van der Waals surface area contributed by atoms with E-state index in [9.17, 15) is 22.9 Å². The number of para-hydroxylation sites is 1. The number of methoxy groups -OCH3 is 1. The number of aromatic nitrogens is 1. The number of phenols is 1. The number of nitrogens with zero attached hydrogens (tertiary/aromatic N) is 2. The standard InChI is InChI=1S/C30H22N4O6S/c1-40-19-13-11-18(12-14-19)31-30(36)22-16-17-10-15-21-20-6-2-3-7-23(20)32-27(21)26(17)28(29(22)35)34-33-24-8-4-5-9-25(24)41(37,38)39/h2-16,32,35H,1H3,(H,31,36)(H,37,38,39). The summed E-state index contributed by atoms with van der Waals surface area (Å²) in [6, 6.07) is 25.2. The van der Waals surface area contributed by atoms with E-state index in [0.29, 0.717) is 27.7 Å². The predicted octanol–water partition coefficient (Wildman–Crippen LogP) is 7.10. The molecule has 0 saturated carbocycles. The number of hydrogen-bond donors (Lipinski definition) is 4. The quantitative estimate of drug-likeness (QED) is 0.125. The smallest absolute Gasteiger partial charge is 0.296 e. The number of amides is 1. The third kappa shape index (κ3) is 4.73. The molecule has 6 rings (SSSR count). The number of nitrogens with one attached hydrogen (secondary N) is 2. The number of aromatic hydroxyl groups is 1. The summed E-state index contributed by atoms with van der Waals surface area (Å²) >= 11 is 0. The van der Waals surface area contributed by atoms with Gasteiger partial charge < -0.3 is 20.1 Å². The van der Waals surface area contributed by atoms with E-state index in [4.69, 9.17) is 4.74 Å². The highest BCUT2D eigenvalue weighted by Gasteiger charge is 2.22. The summed E-state index contributed by atoms with van der Waals surface area (Å²) in [5.41, 5.74) is 1.73. The van der Waals surface area contributed by atoms with Crippen molar-refractivity contribution in [1.82, 2.24) is 4.98 Å². The van der Waals surface area contributed by atoms with Crippen LogP contribution < -0.4 is 10.1 Å². The highest BCUT2D eigenvalue weighted by Crippen LogP contribution is 2.44. The van der Waals surface area contributed by atoms with E-state index in [2.05, 4.69) is 20.5 Å². The number of aromatic amines is 1. The summed E-state index contributed by atoms with van der Waals surface area (Å²) in [6.45, 7) is 0. The molecule has 0 spiro atoms. The van der Waals surface area contributed by atoms with Crippen molar-refractivity contribution < 1.29 is 27.6 Å². The Morgan fingerprint density at radius 1 is 0.902 bits per heavy atom. The van der Waals surface area contributed by atoms with Gasteiger partial charge in [0.1, 0.15) is 22.0 Å². The number of hydrogen-bond acceptors (Lipinski definition) is 7. The van der Waals surface area contributed by atoms with Crippen LogP contribution in [0, 0.1) is 0 Å². The van der Waals surface area contributed by atoms with Gasteiger partial charge in [0.05, 0.1) is 18.2 Å². The predicted molar refractivity (Wildman–Crippen MR) is 156 cm³/mol. The maximum absolute atomic E-state index is 13.4. The zero-order chi connectivity index (χ0) is 28.7. The van der Waals surface area contributed by atoms with Crippen LogP contribution in [0.1, 0.15) is 10.4 Å². The van der Waals surface area contributed by atoms with Crippen LogP contribution in [0.2, 0.25) is 0 Å². The fraction of sp³-hybridized carbons (Fsp3) is 0.0333. The normalized spacial score (nSPS) is 12.0. The van der Waals surface area contributed by atoms with Gasteiger partial charge in [-0.3, -0.25) is 9.35 Å². The van der Waals surface area contributed by atoms with Crippen molar-refractivity contribution in [2.45, 2.75) is 4.90 Å². The molecule has 204 valence electrons. The molecule has 0 aliphatic rings. The average Bonchev–Trinajstić information content (AvgIpc) is 3.35. The van der Waals surface area contributed by atoms with Crippen molar-refractivity contribution in [3.8, 4) is 11.5 Å². The Morgan fingerprint density at radius 2 is 1.63 bits per heavy atom. The lowest BCUT2D eigenvalue weighted by molar-refractivity contribution is 0.102. The average molecular weight is 567 g/mol. The summed E-state index contributed by atoms with van der Waals surface area (Å²) < 4.78 is 38.6. The van der Waals surface area contributed by atoms with Crippen molar-refractivity contribution in [3.63, 3.8) is 0 Å². The number of azo groups is 1. The molecular formula is C30H22N4O6S. The van der Waals surface area contributed by atoms with Gasteiger partial charge in [-0.25, -0.2) is 0 Å². The van der Waals surface area contributed by atoms with Crippen LogP contribution >= 0.6 is 0 Å². The van der Waals surface area contributed by atoms with Gasteiger partial charge in [-0.2, -0.15) is 8.42 Å². The van der Waals surface area contributed by atoms with Crippen molar-refractivity contribution in [2.75, 3.05) is 12.4 Å². The van der Waals surface area contributed by atoms with Crippen molar-refractivity contribution in [3.05, 3.63) is 96.6 Å². The van der Waals surface area contributed by atoms with Gasteiger partial charge in [0.2, 0.25) is 0 Å². The molecule has 0 saturated heterocycles. The molecule has 1 heterocycles. The monoisotopic (exact) mass is 566 g/mol. The van der Waals surface area contributed by atoms with Crippen LogP contribution in [0.3, 0.4) is 0 Å². The van der Waals surface area contributed by atoms with Crippen LogP contribution in [0.25, 0.3) is 32.6 Å². The lowest BCUT2D eigenvalue weighted by Crippen LogP contribution is -2.12. The van der Waals surface area contributed by atoms with E-state index in [-0.39, 0.29) is 16.9 Å². The van der Waals surface area contributed by atoms with Crippen LogP contribution in [-0.2, 0) is 10.1 Å². The first-order valence-electron chi connectivity index (χ1n) is 12.4. The zero-order valence-corrected chi connectivity index (χ0v) is 22.3. The number of ether oxygens (including phenoxy) is 1. The summed E-state index contributed by atoms with van der Waals surface area (Å²) in [5.74, 6) is -0.435. The molecule has 41 heavy (non-hydrogen) atoms. The molecule has 0 fully saturated rings. The Morgan fingerprint density at radius 3 is 2.39 bits per heavy atom. The van der Waals surface area contributed by atoms with E-state index < -0.39 is 26.7 Å². The molecule has 4 N–H and O–H groups in total. The number of H-pyrrole nitrogens is 1. The molecule has 5 aromatic carbocycles. The number of phenolic OH excluding ortho intramolecular Hbond substituents is 1. The second kappa shape index (κ2) is 10.0. The first-order valence-corrected chi connectivity index (χ1v) is 13.8. The molecule has 0 aliphatic heterocycles. The van der Waals surface area contributed by atoms with Crippen molar-refractivity contribution in [2.24, 2.45) is 10.2 Å².